The lowest BCUT2D eigenvalue weighted by Crippen LogP contribution is -2.22. The van der Waals surface area contributed by atoms with Crippen LogP contribution in [0.15, 0.2) is 18.2 Å². The Morgan fingerprint density at radius 2 is 2.25 bits per heavy atom. The van der Waals surface area contributed by atoms with E-state index >= 15 is 0 Å². The fourth-order valence-corrected chi connectivity index (χ4v) is 0.926. The number of nitrogens with zero attached hydrogens (tertiary/aromatic N) is 2. The molecule has 0 amide bonds. The van der Waals surface area contributed by atoms with Gasteiger partial charge in [-0.3, -0.25) is 0 Å². The molecule has 0 spiro atoms. The average Bonchev–Trinajstić information content (AvgIpc) is 2.03. The standard InChI is InChI=1S/C7H3ClN2O2/c8-4-1-2-5(7(11)12)6(3-4)10-9/h1-3H. The topological polar surface area (TPSA) is 68.3 Å². The van der Waals surface area contributed by atoms with Crippen molar-refractivity contribution in [1.29, 1.82) is 5.39 Å². The number of carboxylic acid groups (broad SMARTS) is 1. The third-order valence-corrected chi connectivity index (χ3v) is 1.52. The molecule has 5 heteroatoms. The minimum absolute atomic E-state index is 0.109. The van der Waals surface area contributed by atoms with Crippen molar-refractivity contribution >= 4 is 23.3 Å². The molecule has 0 fully saturated rings. The Kier molecular flexibility index (Phi) is 2.26. The van der Waals surface area contributed by atoms with Crippen molar-refractivity contribution in [2.24, 2.45) is 0 Å². The predicted molar refractivity (Wildman–Crippen MR) is 40.5 cm³/mol. The Balaban J connectivity index is 3.32. The van der Waals surface area contributed by atoms with Crippen molar-refractivity contribution in [3.05, 3.63) is 33.8 Å². The maximum absolute atomic E-state index is 10.4. The van der Waals surface area contributed by atoms with E-state index in [0.717, 1.165) is 0 Å². The number of carbonyl (C=O) groups is 1. The van der Waals surface area contributed by atoms with E-state index in [4.69, 9.17) is 17.0 Å². The summed E-state index contributed by atoms with van der Waals surface area (Å²) in [5, 5.41) is 19.0. The summed E-state index contributed by atoms with van der Waals surface area (Å²) < 4.78 is 0. The van der Waals surface area contributed by atoms with Crippen molar-refractivity contribution in [2.45, 2.75) is 0 Å². The average molecular weight is 183 g/mol. The number of hydrogen-bond acceptors (Lipinski definition) is 3. The van der Waals surface area contributed by atoms with Gasteiger partial charge in [0.1, 0.15) is 0 Å². The second kappa shape index (κ2) is 3.20. The number of hydrogen-bond donors (Lipinski definition) is 0. The number of halogens is 1. The summed E-state index contributed by atoms with van der Waals surface area (Å²) in [7, 11) is 0. The third-order valence-electron chi connectivity index (χ3n) is 1.29. The molecule has 0 aliphatic carbocycles. The zero-order chi connectivity index (χ0) is 9.14. The summed E-state index contributed by atoms with van der Waals surface area (Å²) in [4.78, 5) is 13.1. The number of diazo groups is 1. The third kappa shape index (κ3) is 1.52. The van der Waals surface area contributed by atoms with E-state index in [0.29, 0.717) is 5.02 Å². The van der Waals surface area contributed by atoms with Gasteiger partial charge in [0.05, 0.1) is 17.6 Å². The molecule has 0 radical (unpaired) electrons. The molecule has 60 valence electrons. The SMILES string of the molecule is N#[N+]c1cc(Cl)ccc1C(=O)[O-]. The lowest BCUT2D eigenvalue weighted by Gasteiger charge is -1.97. The molecule has 1 rings (SSSR count). The molecule has 0 aliphatic rings. The molecule has 1 aromatic rings. The molecule has 0 saturated heterocycles. The van der Waals surface area contributed by atoms with Gasteiger partial charge in [-0.1, -0.05) is 11.6 Å². The normalized spacial score (nSPS) is 9.00. The van der Waals surface area contributed by atoms with Crippen LogP contribution in [0, 0.1) is 5.39 Å². The van der Waals surface area contributed by atoms with Crippen LogP contribution in [0.4, 0.5) is 5.69 Å². The first-order valence-electron chi connectivity index (χ1n) is 3.01. The minimum atomic E-state index is -1.40. The number of carboxylic acids is 1. The van der Waals surface area contributed by atoms with Gasteiger partial charge in [0.15, 0.2) is 4.98 Å². The highest BCUT2D eigenvalue weighted by Crippen LogP contribution is 2.22. The zero-order valence-electron chi connectivity index (χ0n) is 5.82. The number of benzene rings is 1. The highest BCUT2D eigenvalue weighted by Gasteiger charge is 2.14. The summed E-state index contributed by atoms with van der Waals surface area (Å²) in [5.41, 5.74) is -0.301. The molecule has 0 aliphatic heterocycles. The lowest BCUT2D eigenvalue weighted by molar-refractivity contribution is -0.254. The molecule has 0 N–H and O–H groups in total. The molecular formula is C7H3ClN2O2. The molecule has 0 atom stereocenters. The Bertz CT molecular complexity index is 370. The number of rotatable bonds is 1. The molecule has 0 saturated carbocycles. The van der Waals surface area contributed by atoms with Gasteiger partial charge in [-0.15, -0.1) is 0 Å². The van der Waals surface area contributed by atoms with Crippen LogP contribution in [-0.2, 0) is 0 Å². The maximum atomic E-state index is 10.4. The molecule has 1 aromatic carbocycles. The Hall–Kier alpha value is -1.60. The summed E-state index contributed by atoms with van der Waals surface area (Å²) in [6.45, 7) is 0. The maximum Gasteiger partial charge on any atom is 0.395 e. The van der Waals surface area contributed by atoms with Gasteiger partial charge < -0.3 is 9.90 Å². The van der Waals surface area contributed by atoms with Gasteiger partial charge >= 0.3 is 5.69 Å². The molecule has 12 heavy (non-hydrogen) atoms. The first kappa shape index (κ1) is 8.50. The van der Waals surface area contributed by atoms with Gasteiger partial charge in [0.25, 0.3) is 0 Å². The van der Waals surface area contributed by atoms with Crippen LogP contribution in [0.3, 0.4) is 0 Å². The summed E-state index contributed by atoms with van der Waals surface area (Å²) >= 11 is 5.52. The van der Waals surface area contributed by atoms with E-state index in [1.807, 2.05) is 0 Å². The molecule has 0 bridgehead atoms. The highest BCUT2D eigenvalue weighted by molar-refractivity contribution is 6.31. The van der Waals surface area contributed by atoms with E-state index in [2.05, 4.69) is 4.98 Å². The summed E-state index contributed by atoms with van der Waals surface area (Å²) in [5.74, 6) is -1.40. The van der Waals surface area contributed by atoms with Crippen LogP contribution in [-0.4, -0.2) is 5.97 Å². The number of aromatic carboxylic acids is 1. The van der Waals surface area contributed by atoms with Crippen LogP contribution in [0.1, 0.15) is 10.4 Å². The lowest BCUT2D eigenvalue weighted by atomic mass is 10.2. The van der Waals surface area contributed by atoms with Gasteiger partial charge in [-0.2, -0.15) is 0 Å². The molecule has 0 aromatic heterocycles. The van der Waals surface area contributed by atoms with Crippen molar-refractivity contribution in [2.75, 3.05) is 0 Å². The van der Waals surface area contributed by atoms with Gasteiger partial charge in [-0.05, 0) is 12.1 Å². The van der Waals surface area contributed by atoms with Crippen molar-refractivity contribution in [3.63, 3.8) is 0 Å². The van der Waals surface area contributed by atoms with Gasteiger partial charge in [-0.25, -0.2) is 0 Å². The minimum Gasteiger partial charge on any atom is -0.545 e. The quantitative estimate of drug-likeness (QED) is 0.613. The van der Waals surface area contributed by atoms with E-state index in [-0.39, 0.29) is 11.3 Å². The second-order valence-corrected chi connectivity index (χ2v) is 2.49. The first-order chi connectivity index (χ1) is 5.65. The highest BCUT2D eigenvalue weighted by atomic mass is 35.5. The monoisotopic (exact) mass is 182 g/mol. The first-order valence-corrected chi connectivity index (χ1v) is 3.39. The Morgan fingerprint density at radius 3 is 2.75 bits per heavy atom. The van der Waals surface area contributed by atoms with Crippen LogP contribution in [0.5, 0.6) is 0 Å². The molecular weight excluding hydrogens is 180 g/mol. The number of carbonyl (C=O) groups excluding carboxylic acids is 1. The fraction of sp³-hybridized carbons (Fsp3) is 0. The van der Waals surface area contributed by atoms with E-state index in [9.17, 15) is 9.90 Å². The largest absolute Gasteiger partial charge is 0.545 e. The van der Waals surface area contributed by atoms with Crippen LogP contribution in [0.2, 0.25) is 5.02 Å². The van der Waals surface area contributed by atoms with Gasteiger partial charge in [0.2, 0.25) is 5.39 Å². The van der Waals surface area contributed by atoms with E-state index in [1.165, 1.54) is 18.2 Å². The van der Waals surface area contributed by atoms with Crippen LogP contribution >= 0.6 is 11.6 Å². The molecule has 0 unspecified atom stereocenters. The zero-order valence-corrected chi connectivity index (χ0v) is 6.58. The van der Waals surface area contributed by atoms with Crippen LogP contribution in [0.25, 0.3) is 4.98 Å². The smallest absolute Gasteiger partial charge is 0.395 e. The summed E-state index contributed by atoms with van der Waals surface area (Å²) in [6, 6.07) is 3.82. The van der Waals surface area contributed by atoms with Crippen molar-refractivity contribution < 1.29 is 9.90 Å². The Morgan fingerprint density at radius 1 is 1.58 bits per heavy atom. The molecule has 0 heterocycles. The van der Waals surface area contributed by atoms with E-state index < -0.39 is 5.97 Å². The summed E-state index contributed by atoms with van der Waals surface area (Å²) in [6.07, 6.45) is 0. The predicted octanol–water partition coefficient (Wildman–Crippen LogP) is 1.19. The van der Waals surface area contributed by atoms with Crippen molar-refractivity contribution in [3.8, 4) is 0 Å². The van der Waals surface area contributed by atoms with Crippen molar-refractivity contribution in [1.82, 2.24) is 0 Å². The van der Waals surface area contributed by atoms with E-state index in [1.54, 1.807) is 0 Å². The van der Waals surface area contributed by atoms with Crippen LogP contribution < -0.4 is 5.11 Å². The Labute approximate surface area is 73.0 Å². The fourth-order valence-electron chi connectivity index (χ4n) is 0.760. The van der Waals surface area contributed by atoms with Gasteiger partial charge in [0, 0.05) is 5.02 Å². The second-order valence-electron chi connectivity index (χ2n) is 2.05. The molecule has 4 nitrogen and oxygen atoms in total.